The van der Waals surface area contributed by atoms with Crippen LogP contribution in [0, 0.1) is 5.92 Å². The van der Waals surface area contributed by atoms with Gasteiger partial charge in [0.15, 0.2) is 0 Å². The van der Waals surface area contributed by atoms with Gasteiger partial charge in [-0.05, 0) is 25.7 Å². The van der Waals surface area contributed by atoms with Crippen LogP contribution < -0.4 is 5.32 Å². The third kappa shape index (κ3) is 2.76. The van der Waals surface area contributed by atoms with Crippen molar-refractivity contribution in [2.75, 3.05) is 6.61 Å². The Bertz CT molecular complexity index is 127. The van der Waals surface area contributed by atoms with E-state index in [0.29, 0.717) is 6.04 Å². The molecule has 1 aliphatic carbocycles. The topological polar surface area (TPSA) is 32.3 Å². The van der Waals surface area contributed by atoms with Gasteiger partial charge in [0.05, 0.1) is 6.61 Å². The van der Waals surface area contributed by atoms with Gasteiger partial charge in [-0.3, -0.25) is 0 Å². The Morgan fingerprint density at radius 1 is 1.42 bits per heavy atom. The van der Waals surface area contributed by atoms with Crippen LogP contribution in [-0.2, 0) is 0 Å². The molecule has 12 heavy (non-hydrogen) atoms. The Morgan fingerprint density at radius 3 is 2.67 bits per heavy atom. The molecule has 0 amide bonds. The highest BCUT2D eigenvalue weighted by atomic mass is 16.3. The van der Waals surface area contributed by atoms with Gasteiger partial charge in [0.2, 0.25) is 0 Å². The second kappa shape index (κ2) is 4.83. The second-order valence-electron chi connectivity index (χ2n) is 4.12. The van der Waals surface area contributed by atoms with Crippen LogP contribution in [0.1, 0.15) is 39.5 Å². The molecule has 0 aromatic rings. The predicted molar refractivity (Wildman–Crippen MR) is 51.1 cm³/mol. The first-order valence-electron chi connectivity index (χ1n) is 5.11. The molecule has 0 bridgehead atoms. The molecule has 2 N–H and O–H groups in total. The number of rotatable bonds is 3. The van der Waals surface area contributed by atoms with Crippen LogP contribution in [0.2, 0.25) is 0 Å². The highest BCUT2D eigenvalue weighted by molar-refractivity contribution is 4.79. The molecule has 0 aliphatic heterocycles. The van der Waals surface area contributed by atoms with Crippen LogP contribution >= 0.6 is 0 Å². The molecular weight excluding hydrogens is 150 g/mol. The third-order valence-corrected chi connectivity index (χ3v) is 2.88. The molecule has 1 rings (SSSR count). The van der Waals surface area contributed by atoms with Gasteiger partial charge >= 0.3 is 0 Å². The van der Waals surface area contributed by atoms with Crippen molar-refractivity contribution in [3.63, 3.8) is 0 Å². The molecule has 1 saturated carbocycles. The van der Waals surface area contributed by atoms with Crippen molar-refractivity contribution in [1.82, 2.24) is 5.32 Å². The summed E-state index contributed by atoms with van der Waals surface area (Å²) in [5.41, 5.74) is 0. The number of aliphatic hydroxyl groups is 1. The lowest BCUT2D eigenvalue weighted by atomic mass is 9.85. The fourth-order valence-electron chi connectivity index (χ4n) is 1.98. The zero-order chi connectivity index (χ0) is 8.97. The maximum absolute atomic E-state index is 8.89. The number of hydrogen-bond donors (Lipinski definition) is 2. The summed E-state index contributed by atoms with van der Waals surface area (Å²) >= 11 is 0. The van der Waals surface area contributed by atoms with Crippen LogP contribution in [0.4, 0.5) is 0 Å². The SMILES string of the molecule is C[C@H](CO)N[C@@H]1CCCC[C@@H]1C. The largest absolute Gasteiger partial charge is 0.395 e. The van der Waals surface area contributed by atoms with E-state index in [1.807, 2.05) is 6.92 Å². The van der Waals surface area contributed by atoms with Gasteiger partial charge in [0.25, 0.3) is 0 Å². The van der Waals surface area contributed by atoms with E-state index >= 15 is 0 Å². The first-order valence-corrected chi connectivity index (χ1v) is 5.11. The number of aliphatic hydroxyl groups excluding tert-OH is 1. The van der Waals surface area contributed by atoms with Gasteiger partial charge in [-0.25, -0.2) is 0 Å². The predicted octanol–water partition coefficient (Wildman–Crippen LogP) is 1.54. The second-order valence-corrected chi connectivity index (χ2v) is 4.12. The lowest BCUT2D eigenvalue weighted by molar-refractivity contribution is 0.204. The fourth-order valence-corrected chi connectivity index (χ4v) is 1.98. The molecule has 0 aromatic carbocycles. The van der Waals surface area contributed by atoms with Crippen molar-refractivity contribution in [3.05, 3.63) is 0 Å². The number of hydrogen-bond acceptors (Lipinski definition) is 2. The van der Waals surface area contributed by atoms with E-state index in [0.717, 1.165) is 5.92 Å². The van der Waals surface area contributed by atoms with Crippen molar-refractivity contribution in [1.29, 1.82) is 0 Å². The monoisotopic (exact) mass is 171 g/mol. The highest BCUT2D eigenvalue weighted by Gasteiger charge is 2.21. The lowest BCUT2D eigenvalue weighted by Crippen LogP contribution is -2.43. The lowest BCUT2D eigenvalue weighted by Gasteiger charge is -2.31. The smallest absolute Gasteiger partial charge is 0.0582 e. The first-order chi connectivity index (χ1) is 5.74. The van der Waals surface area contributed by atoms with Gasteiger partial charge in [0, 0.05) is 12.1 Å². The summed E-state index contributed by atoms with van der Waals surface area (Å²) in [4.78, 5) is 0. The molecule has 1 aliphatic rings. The van der Waals surface area contributed by atoms with Gasteiger partial charge < -0.3 is 10.4 Å². The maximum Gasteiger partial charge on any atom is 0.0582 e. The van der Waals surface area contributed by atoms with Gasteiger partial charge in [-0.2, -0.15) is 0 Å². The van der Waals surface area contributed by atoms with Crippen LogP contribution in [-0.4, -0.2) is 23.8 Å². The zero-order valence-electron chi connectivity index (χ0n) is 8.21. The Hall–Kier alpha value is -0.0800. The molecular formula is C10H21NO. The van der Waals surface area contributed by atoms with E-state index in [1.54, 1.807) is 0 Å². The Morgan fingerprint density at radius 2 is 2.08 bits per heavy atom. The summed E-state index contributed by atoms with van der Waals surface area (Å²) in [6.45, 7) is 4.60. The molecule has 0 radical (unpaired) electrons. The van der Waals surface area contributed by atoms with E-state index in [1.165, 1.54) is 25.7 Å². The van der Waals surface area contributed by atoms with Gasteiger partial charge in [0.1, 0.15) is 0 Å². The Balaban J connectivity index is 2.28. The highest BCUT2D eigenvalue weighted by Crippen LogP contribution is 2.23. The van der Waals surface area contributed by atoms with E-state index < -0.39 is 0 Å². The summed E-state index contributed by atoms with van der Waals surface area (Å²) < 4.78 is 0. The summed E-state index contributed by atoms with van der Waals surface area (Å²) in [7, 11) is 0. The van der Waals surface area contributed by atoms with Crippen LogP contribution in [0.5, 0.6) is 0 Å². The molecule has 2 nitrogen and oxygen atoms in total. The zero-order valence-corrected chi connectivity index (χ0v) is 8.21. The molecule has 0 saturated heterocycles. The molecule has 0 unspecified atom stereocenters. The van der Waals surface area contributed by atoms with Crippen molar-refractivity contribution >= 4 is 0 Å². The summed E-state index contributed by atoms with van der Waals surface area (Å²) in [6, 6.07) is 0.899. The molecule has 3 atom stereocenters. The quantitative estimate of drug-likeness (QED) is 0.675. The Labute approximate surface area is 75.4 Å². The van der Waals surface area contributed by atoms with E-state index in [-0.39, 0.29) is 12.6 Å². The summed E-state index contributed by atoms with van der Waals surface area (Å²) in [5.74, 6) is 0.785. The third-order valence-electron chi connectivity index (χ3n) is 2.88. The van der Waals surface area contributed by atoms with Crippen LogP contribution in [0.15, 0.2) is 0 Å². The van der Waals surface area contributed by atoms with Crippen molar-refractivity contribution in [2.45, 2.75) is 51.6 Å². The standard InChI is InChI=1S/C10H21NO/c1-8-5-3-4-6-10(8)11-9(2)7-12/h8-12H,3-7H2,1-2H3/t8-,9+,10+/m0/s1. The van der Waals surface area contributed by atoms with Crippen molar-refractivity contribution < 1.29 is 5.11 Å². The van der Waals surface area contributed by atoms with E-state index in [9.17, 15) is 0 Å². The van der Waals surface area contributed by atoms with Gasteiger partial charge in [-0.15, -0.1) is 0 Å². The van der Waals surface area contributed by atoms with Crippen molar-refractivity contribution in [2.24, 2.45) is 5.92 Å². The minimum absolute atomic E-state index is 0.253. The first kappa shape index (κ1) is 10.0. The number of nitrogens with one attached hydrogen (secondary N) is 1. The average molecular weight is 171 g/mol. The molecule has 2 heteroatoms. The normalized spacial score (nSPS) is 33.2. The fraction of sp³-hybridized carbons (Fsp3) is 1.00. The summed E-state index contributed by atoms with van der Waals surface area (Å²) in [6.07, 6.45) is 5.36. The molecule has 0 heterocycles. The van der Waals surface area contributed by atoms with Gasteiger partial charge in [-0.1, -0.05) is 19.8 Å². The molecule has 72 valence electrons. The minimum Gasteiger partial charge on any atom is -0.395 e. The maximum atomic E-state index is 8.89. The van der Waals surface area contributed by atoms with Crippen molar-refractivity contribution in [3.8, 4) is 0 Å². The molecule has 0 spiro atoms. The van der Waals surface area contributed by atoms with E-state index in [4.69, 9.17) is 5.11 Å². The summed E-state index contributed by atoms with van der Waals surface area (Å²) in [5, 5.41) is 12.4. The van der Waals surface area contributed by atoms with Crippen LogP contribution in [0.25, 0.3) is 0 Å². The van der Waals surface area contributed by atoms with Crippen LogP contribution in [0.3, 0.4) is 0 Å². The molecule has 0 aromatic heterocycles. The molecule has 1 fully saturated rings. The average Bonchev–Trinajstić information content (AvgIpc) is 2.09. The minimum atomic E-state index is 0.253. The van der Waals surface area contributed by atoms with E-state index in [2.05, 4.69) is 12.2 Å². The Kier molecular flexibility index (Phi) is 4.02.